The van der Waals surface area contributed by atoms with Crippen LogP contribution in [-0.4, -0.2) is 49.1 Å². The van der Waals surface area contributed by atoms with E-state index in [2.05, 4.69) is 5.32 Å². The van der Waals surface area contributed by atoms with E-state index in [1.54, 1.807) is 30.0 Å². The molecule has 1 fully saturated rings. The first kappa shape index (κ1) is 17.1. The lowest BCUT2D eigenvalue weighted by molar-refractivity contribution is -0.139. The maximum absolute atomic E-state index is 12.2. The van der Waals surface area contributed by atoms with Crippen LogP contribution in [0.5, 0.6) is 0 Å². The number of carbonyl (C=O) groups is 2. The molecule has 1 aromatic rings. The molecular weight excluding hydrogens is 327 g/mol. The van der Waals surface area contributed by atoms with Gasteiger partial charge in [-0.15, -0.1) is 0 Å². The fourth-order valence-electron chi connectivity index (χ4n) is 2.27. The molecule has 1 N–H and O–H groups in total. The fourth-order valence-corrected chi connectivity index (χ4v) is 2.80. The molecule has 1 aliphatic heterocycles. The van der Waals surface area contributed by atoms with Crippen LogP contribution in [0.25, 0.3) is 0 Å². The Morgan fingerprint density at radius 2 is 1.86 bits per heavy atom. The third-order valence-electron chi connectivity index (χ3n) is 3.47. The number of nitrogens with zero attached hydrogens (tertiary/aromatic N) is 1. The zero-order valence-electron chi connectivity index (χ0n) is 12.3. The lowest BCUT2D eigenvalue weighted by Crippen LogP contribution is -2.50. The topological polar surface area (TPSA) is 58.6 Å². The highest BCUT2D eigenvalue weighted by Crippen LogP contribution is 2.24. The lowest BCUT2D eigenvalue weighted by atomic mass is 10.1. The number of rotatable bonds is 4. The molecule has 1 aromatic carbocycles. The van der Waals surface area contributed by atoms with Crippen molar-refractivity contribution in [2.45, 2.75) is 19.4 Å². The number of benzene rings is 1. The zero-order valence-corrected chi connectivity index (χ0v) is 13.8. The SMILES string of the molecule is C[C@H](NC(=O)Cc1c(Cl)cccc1Cl)C(=O)N1CCOCC1. The monoisotopic (exact) mass is 344 g/mol. The minimum atomic E-state index is -0.591. The van der Waals surface area contributed by atoms with Crippen molar-refractivity contribution in [3.8, 4) is 0 Å². The van der Waals surface area contributed by atoms with Crippen LogP contribution < -0.4 is 5.32 Å². The Kier molecular flexibility index (Phi) is 6.06. The molecule has 0 bridgehead atoms. The number of halogens is 2. The first-order valence-electron chi connectivity index (χ1n) is 7.08. The molecule has 0 saturated carbocycles. The van der Waals surface area contributed by atoms with Gasteiger partial charge in [0.1, 0.15) is 6.04 Å². The Hall–Kier alpha value is -1.30. The van der Waals surface area contributed by atoms with E-state index in [1.165, 1.54) is 0 Å². The van der Waals surface area contributed by atoms with E-state index < -0.39 is 6.04 Å². The Morgan fingerprint density at radius 3 is 2.45 bits per heavy atom. The normalized spacial score (nSPS) is 16.2. The Balaban J connectivity index is 1.92. The summed E-state index contributed by atoms with van der Waals surface area (Å²) < 4.78 is 5.21. The molecule has 0 aliphatic carbocycles. The second-order valence-electron chi connectivity index (χ2n) is 5.10. The van der Waals surface area contributed by atoms with E-state index in [4.69, 9.17) is 27.9 Å². The molecule has 1 saturated heterocycles. The molecule has 0 spiro atoms. The van der Waals surface area contributed by atoms with Crippen LogP contribution in [0.15, 0.2) is 18.2 Å². The highest BCUT2D eigenvalue weighted by atomic mass is 35.5. The minimum absolute atomic E-state index is 0.0409. The average Bonchev–Trinajstić information content (AvgIpc) is 2.51. The van der Waals surface area contributed by atoms with Crippen LogP contribution in [0.4, 0.5) is 0 Å². The number of ether oxygens (including phenoxy) is 1. The van der Waals surface area contributed by atoms with Gasteiger partial charge in [0, 0.05) is 23.1 Å². The molecule has 0 aromatic heterocycles. The summed E-state index contributed by atoms with van der Waals surface area (Å²) in [4.78, 5) is 26.0. The van der Waals surface area contributed by atoms with Gasteiger partial charge in [-0.05, 0) is 24.6 Å². The van der Waals surface area contributed by atoms with Crippen molar-refractivity contribution < 1.29 is 14.3 Å². The third-order valence-corrected chi connectivity index (χ3v) is 4.18. The molecule has 1 aliphatic rings. The van der Waals surface area contributed by atoms with E-state index >= 15 is 0 Å². The van der Waals surface area contributed by atoms with E-state index in [0.717, 1.165) is 0 Å². The quantitative estimate of drug-likeness (QED) is 0.907. The summed E-state index contributed by atoms with van der Waals surface area (Å²) >= 11 is 12.1. The summed E-state index contributed by atoms with van der Waals surface area (Å²) in [5, 5.41) is 3.57. The molecule has 2 rings (SSSR count). The molecule has 1 atom stereocenters. The van der Waals surface area contributed by atoms with Gasteiger partial charge in [0.05, 0.1) is 19.6 Å². The minimum Gasteiger partial charge on any atom is -0.378 e. The van der Waals surface area contributed by atoms with Crippen molar-refractivity contribution in [3.63, 3.8) is 0 Å². The van der Waals surface area contributed by atoms with E-state index in [1.807, 2.05) is 0 Å². The average molecular weight is 345 g/mol. The second kappa shape index (κ2) is 7.81. The summed E-state index contributed by atoms with van der Waals surface area (Å²) in [5.74, 6) is -0.397. The number of amides is 2. The smallest absolute Gasteiger partial charge is 0.245 e. The second-order valence-corrected chi connectivity index (χ2v) is 5.92. The Labute approximate surface area is 139 Å². The summed E-state index contributed by atoms with van der Waals surface area (Å²) in [7, 11) is 0. The molecule has 2 amide bonds. The van der Waals surface area contributed by atoms with Crippen LogP contribution in [0.1, 0.15) is 12.5 Å². The fraction of sp³-hybridized carbons (Fsp3) is 0.467. The van der Waals surface area contributed by atoms with Gasteiger partial charge in [-0.2, -0.15) is 0 Å². The highest BCUT2D eigenvalue weighted by Gasteiger charge is 2.24. The molecule has 0 unspecified atom stereocenters. The standard InChI is InChI=1S/C15H18Cl2N2O3/c1-10(15(21)19-5-7-22-8-6-19)18-14(20)9-11-12(16)3-2-4-13(11)17/h2-4,10H,5-9H2,1H3,(H,18,20)/t10-/m0/s1. The summed E-state index contributed by atoms with van der Waals surface area (Å²) in [6.07, 6.45) is 0.0409. The van der Waals surface area contributed by atoms with Gasteiger partial charge in [0.2, 0.25) is 11.8 Å². The van der Waals surface area contributed by atoms with Gasteiger partial charge >= 0.3 is 0 Å². The van der Waals surface area contributed by atoms with Crippen molar-refractivity contribution in [3.05, 3.63) is 33.8 Å². The van der Waals surface area contributed by atoms with Crippen molar-refractivity contribution in [2.75, 3.05) is 26.3 Å². The number of hydrogen-bond donors (Lipinski definition) is 1. The van der Waals surface area contributed by atoms with Gasteiger partial charge in [-0.25, -0.2) is 0 Å². The first-order chi connectivity index (χ1) is 10.5. The molecular formula is C15H18Cl2N2O3. The third kappa shape index (κ3) is 4.35. The van der Waals surface area contributed by atoms with Crippen LogP contribution in [0.3, 0.4) is 0 Å². The number of hydrogen-bond acceptors (Lipinski definition) is 3. The first-order valence-corrected chi connectivity index (χ1v) is 7.83. The van der Waals surface area contributed by atoms with Gasteiger partial charge in [0.25, 0.3) is 0 Å². The number of carbonyl (C=O) groups excluding carboxylic acids is 2. The maximum atomic E-state index is 12.2. The maximum Gasteiger partial charge on any atom is 0.245 e. The molecule has 0 radical (unpaired) electrons. The summed E-state index contributed by atoms with van der Waals surface area (Å²) in [6, 6.07) is 4.49. The number of nitrogens with one attached hydrogen (secondary N) is 1. The van der Waals surface area contributed by atoms with Crippen molar-refractivity contribution >= 4 is 35.0 Å². The predicted octanol–water partition coefficient (Wildman–Crippen LogP) is 1.90. The zero-order chi connectivity index (χ0) is 16.1. The Bertz CT molecular complexity index is 539. The molecule has 120 valence electrons. The van der Waals surface area contributed by atoms with Gasteiger partial charge < -0.3 is 15.0 Å². The van der Waals surface area contributed by atoms with Gasteiger partial charge in [0.15, 0.2) is 0 Å². The molecule has 7 heteroatoms. The van der Waals surface area contributed by atoms with Crippen LogP contribution >= 0.6 is 23.2 Å². The van der Waals surface area contributed by atoms with E-state index in [-0.39, 0.29) is 18.2 Å². The molecule has 1 heterocycles. The van der Waals surface area contributed by atoms with E-state index in [9.17, 15) is 9.59 Å². The van der Waals surface area contributed by atoms with Gasteiger partial charge in [-0.1, -0.05) is 29.3 Å². The van der Waals surface area contributed by atoms with Crippen molar-refractivity contribution in [2.24, 2.45) is 0 Å². The molecule has 22 heavy (non-hydrogen) atoms. The number of morpholine rings is 1. The van der Waals surface area contributed by atoms with Gasteiger partial charge in [-0.3, -0.25) is 9.59 Å². The highest BCUT2D eigenvalue weighted by molar-refractivity contribution is 6.36. The van der Waals surface area contributed by atoms with Crippen LogP contribution in [0, 0.1) is 0 Å². The van der Waals surface area contributed by atoms with Crippen molar-refractivity contribution in [1.29, 1.82) is 0 Å². The van der Waals surface area contributed by atoms with E-state index in [0.29, 0.717) is 41.9 Å². The van der Waals surface area contributed by atoms with Crippen molar-refractivity contribution in [1.82, 2.24) is 10.2 Å². The predicted molar refractivity (Wildman–Crippen MR) is 85.2 cm³/mol. The largest absolute Gasteiger partial charge is 0.378 e. The summed E-state index contributed by atoms with van der Waals surface area (Å²) in [6.45, 7) is 3.83. The van der Waals surface area contributed by atoms with Crippen LogP contribution in [0.2, 0.25) is 10.0 Å². The molecule has 5 nitrogen and oxygen atoms in total. The summed E-state index contributed by atoms with van der Waals surface area (Å²) in [5.41, 5.74) is 0.564. The Morgan fingerprint density at radius 1 is 1.27 bits per heavy atom. The lowest BCUT2D eigenvalue weighted by Gasteiger charge is -2.29. The van der Waals surface area contributed by atoms with Crippen LogP contribution in [-0.2, 0) is 20.7 Å².